The Balaban J connectivity index is 2.54. The number of carboxylic acids is 1. The summed E-state index contributed by atoms with van der Waals surface area (Å²) in [5.41, 5.74) is 0. The van der Waals surface area contributed by atoms with Gasteiger partial charge in [-0.2, -0.15) is 0 Å². The molecule has 0 bridgehead atoms. The van der Waals surface area contributed by atoms with Crippen molar-refractivity contribution in [3.63, 3.8) is 0 Å². The van der Waals surface area contributed by atoms with E-state index in [1.807, 2.05) is 13.8 Å². The topological polar surface area (TPSA) is 69.6 Å². The predicted molar refractivity (Wildman–Crippen MR) is 69.4 cm³/mol. The first-order chi connectivity index (χ1) is 8.49. The lowest BCUT2D eigenvalue weighted by Crippen LogP contribution is -2.50. The van der Waals surface area contributed by atoms with Crippen LogP contribution >= 0.6 is 0 Å². The van der Waals surface area contributed by atoms with Crippen LogP contribution in [0.5, 0.6) is 0 Å². The van der Waals surface area contributed by atoms with Gasteiger partial charge in [0, 0.05) is 13.1 Å². The van der Waals surface area contributed by atoms with E-state index in [0.717, 1.165) is 32.4 Å². The van der Waals surface area contributed by atoms with Crippen LogP contribution in [-0.4, -0.2) is 41.1 Å². The molecule has 0 spiro atoms. The first-order valence-corrected chi connectivity index (χ1v) is 6.77. The number of aliphatic carboxylic acids is 1. The molecule has 0 aliphatic carbocycles. The van der Waals surface area contributed by atoms with Crippen LogP contribution in [0.25, 0.3) is 0 Å². The summed E-state index contributed by atoms with van der Waals surface area (Å²) in [6.45, 7) is 7.37. The number of urea groups is 1. The Morgan fingerprint density at radius 2 is 2.11 bits per heavy atom. The summed E-state index contributed by atoms with van der Waals surface area (Å²) in [6.07, 6.45) is 2.82. The van der Waals surface area contributed by atoms with E-state index >= 15 is 0 Å². The van der Waals surface area contributed by atoms with Gasteiger partial charge in [0.25, 0.3) is 0 Å². The van der Waals surface area contributed by atoms with Crippen LogP contribution in [0, 0.1) is 11.8 Å². The SMILES string of the molecule is CCC1CCN(C(=O)N[C@H](C(=O)O)[C@@H](C)CC)C1. The maximum Gasteiger partial charge on any atom is 0.326 e. The lowest BCUT2D eigenvalue weighted by Gasteiger charge is -2.24. The lowest BCUT2D eigenvalue weighted by atomic mass is 9.99. The fraction of sp³-hybridized carbons (Fsp3) is 0.846. The molecule has 1 aliphatic rings. The number of amides is 2. The highest BCUT2D eigenvalue weighted by atomic mass is 16.4. The van der Waals surface area contributed by atoms with Gasteiger partial charge in [-0.25, -0.2) is 9.59 Å². The molecular formula is C13H24N2O3. The molecule has 2 amide bonds. The van der Waals surface area contributed by atoms with E-state index in [9.17, 15) is 9.59 Å². The van der Waals surface area contributed by atoms with E-state index in [1.54, 1.807) is 4.90 Å². The summed E-state index contributed by atoms with van der Waals surface area (Å²) in [4.78, 5) is 24.9. The van der Waals surface area contributed by atoms with Gasteiger partial charge in [0.05, 0.1) is 0 Å². The summed E-state index contributed by atoms with van der Waals surface area (Å²) in [7, 11) is 0. The Morgan fingerprint density at radius 1 is 1.44 bits per heavy atom. The summed E-state index contributed by atoms with van der Waals surface area (Å²) in [5, 5.41) is 11.8. The number of carboxylic acid groups (broad SMARTS) is 1. The van der Waals surface area contributed by atoms with Gasteiger partial charge in [-0.1, -0.05) is 33.6 Å². The largest absolute Gasteiger partial charge is 0.480 e. The van der Waals surface area contributed by atoms with Gasteiger partial charge in [0.15, 0.2) is 0 Å². The van der Waals surface area contributed by atoms with Crippen molar-refractivity contribution in [2.45, 2.75) is 46.1 Å². The van der Waals surface area contributed by atoms with E-state index in [2.05, 4.69) is 12.2 Å². The van der Waals surface area contributed by atoms with Crippen LogP contribution in [-0.2, 0) is 4.79 Å². The maximum absolute atomic E-state index is 12.0. The Morgan fingerprint density at radius 3 is 2.56 bits per heavy atom. The minimum Gasteiger partial charge on any atom is -0.480 e. The van der Waals surface area contributed by atoms with Crippen LogP contribution in [0.3, 0.4) is 0 Å². The zero-order chi connectivity index (χ0) is 13.7. The van der Waals surface area contributed by atoms with Gasteiger partial charge in [-0.3, -0.25) is 0 Å². The highest BCUT2D eigenvalue weighted by Gasteiger charge is 2.30. The van der Waals surface area contributed by atoms with Gasteiger partial charge in [0.2, 0.25) is 0 Å². The number of hydrogen-bond donors (Lipinski definition) is 2. The number of hydrogen-bond acceptors (Lipinski definition) is 2. The van der Waals surface area contributed by atoms with Crippen molar-refractivity contribution in [1.29, 1.82) is 0 Å². The maximum atomic E-state index is 12.0. The molecule has 5 heteroatoms. The molecule has 18 heavy (non-hydrogen) atoms. The van der Waals surface area contributed by atoms with Crippen molar-refractivity contribution in [2.75, 3.05) is 13.1 Å². The molecular weight excluding hydrogens is 232 g/mol. The number of carbonyl (C=O) groups is 2. The van der Waals surface area contributed by atoms with E-state index in [1.165, 1.54) is 0 Å². The molecule has 3 atom stereocenters. The molecule has 1 saturated heterocycles. The quantitative estimate of drug-likeness (QED) is 0.789. The van der Waals surface area contributed by atoms with E-state index < -0.39 is 12.0 Å². The Bertz CT molecular complexity index is 307. The molecule has 0 aromatic rings. The van der Waals surface area contributed by atoms with Crippen LogP contribution in [0.2, 0.25) is 0 Å². The minimum absolute atomic E-state index is 0.0592. The molecule has 1 heterocycles. The van der Waals surface area contributed by atoms with Gasteiger partial charge in [-0.05, 0) is 18.3 Å². The molecule has 104 valence electrons. The molecule has 1 fully saturated rings. The Kier molecular flexibility index (Phi) is 5.44. The van der Waals surface area contributed by atoms with Crippen LogP contribution in [0.15, 0.2) is 0 Å². The van der Waals surface area contributed by atoms with Crippen molar-refractivity contribution < 1.29 is 14.7 Å². The molecule has 0 aromatic heterocycles. The van der Waals surface area contributed by atoms with Crippen LogP contribution in [0.4, 0.5) is 4.79 Å². The second kappa shape index (κ2) is 6.61. The Hall–Kier alpha value is -1.26. The van der Waals surface area contributed by atoms with E-state index in [-0.39, 0.29) is 11.9 Å². The molecule has 5 nitrogen and oxygen atoms in total. The molecule has 1 unspecified atom stereocenters. The standard InChI is InChI=1S/C13H24N2O3/c1-4-9(3)11(12(16)17)14-13(18)15-7-6-10(5-2)8-15/h9-11H,4-8H2,1-3H3,(H,14,18)(H,16,17)/t9-,10?,11-/m0/s1. The van der Waals surface area contributed by atoms with Crippen molar-refractivity contribution in [2.24, 2.45) is 11.8 Å². The first kappa shape index (κ1) is 14.8. The second-order valence-electron chi connectivity index (χ2n) is 5.16. The normalized spacial score (nSPS) is 22.6. The summed E-state index contributed by atoms with van der Waals surface area (Å²) < 4.78 is 0. The summed E-state index contributed by atoms with van der Waals surface area (Å²) in [5.74, 6) is -0.456. The Labute approximate surface area is 109 Å². The number of rotatable bonds is 5. The number of nitrogens with one attached hydrogen (secondary N) is 1. The molecule has 1 aliphatic heterocycles. The van der Waals surface area contributed by atoms with E-state index in [0.29, 0.717) is 5.92 Å². The smallest absolute Gasteiger partial charge is 0.326 e. The number of nitrogens with zero attached hydrogens (tertiary/aromatic N) is 1. The first-order valence-electron chi connectivity index (χ1n) is 6.77. The minimum atomic E-state index is -0.955. The summed E-state index contributed by atoms with van der Waals surface area (Å²) in [6, 6.07) is -1.03. The third kappa shape index (κ3) is 3.62. The molecule has 1 rings (SSSR count). The van der Waals surface area contributed by atoms with Crippen molar-refractivity contribution in [3.05, 3.63) is 0 Å². The van der Waals surface area contributed by atoms with Crippen molar-refractivity contribution >= 4 is 12.0 Å². The van der Waals surface area contributed by atoms with Crippen molar-refractivity contribution in [3.8, 4) is 0 Å². The highest BCUT2D eigenvalue weighted by molar-refractivity contribution is 5.82. The zero-order valence-electron chi connectivity index (χ0n) is 11.5. The third-order valence-electron chi connectivity index (χ3n) is 3.91. The van der Waals surface area contributed by atoms with Gasteiger partial charge in [-0.15, -0.1) is 0 Å². The molecule has 0 radical (unpaired) electrons. The van der Waals surface area contributed by atoms with Crippen LogP contribution < -0.4 is 5.32 Å². The van der Waals surface area contributed by atoms with Crippen LogP contribution in [0.1, 0.15) is 40.0 Å². The highest BCUT2D eigenvalue weighted by Crippen LogP contribution is 2.19. The lowest BCUT2D eigenvalue weighted by molar-refractivity contribution is -0.140. The third-order valence-corrected chi connectivity index (χ3v) is 3.91. The van der Waals surface area contributed by atoms with Gasteiger partial charge in [0.1, 0.15) is 6.04 Å². The fourth-order valence-electron chi connectivity index (χ4n) is 2.26. The second-order valence-corrected chi connectivity index (χ2v) is 5.16. The monoisotopic (exact) mass is 256 g/mol. The predicted octanol–water partition coefficient (Wildman–Crippen LogP) is 1.93. The van der Waals surface area contributed by atoms with Crippen molar-refractivity contribution in [1.82, 2.24) is 10.2 Å². The number of likely N-dealkylation sites (tertiary alicyclic amines) is 1. The number of carbonyl (C=O) groups excluding carboxylic acids is 1. The average molecular weight is 256 g/mol. The average Bonchev–Trinajstić information content (AvgIpc) is 2.83. The van der Waals surface area contributed by atoms with E-state index in [4.69, 9.17) is 5.11 Å². The van der Waals surface area contributed by atoms with Gasteiger partial charge >= 0.3 is 12.0 Å². The summed E-state index contributed by atoms with van der Waals surface area (Å²) >= 11 is 0. The molecule has 0 aromatic carbocycles. The molecule has 2 N–H and O–H groups in total. The molecule has 0 saturated carbocycles. The zero-order valence-corrected chi connectivity index (χ0v) is 11.5. The van der Waals surface area contributed by atoms with Gasteiger partial charge < -0.3 is 15.3 Å². The fourth-order valence-corrected chi connectivity index (χ4v) is 2.26.